The standard InChI is InChI=1S/C11H18N2O3S.ClH/c1-9-4-2-6-13(10(9)8-12)17(14,15)11-5-3-7-16-11;/h3,5,7,9-10H,2,4,6,8,12H2,1H3;1H. The molecule has 0 spiro atoms. The molecule has 5 nitrogen and oxygen atoms in total. The first kappa shape index (κ1) is 15.5. The fraction of sp³-hybridized carbons (Fsp3) is 0.636. The van der Waals surface area contributed by atoms with Crippen LogP contribution in [-0.2, 0) is 10.0 Å². The van der Waals surface area contributed by atoms with Crippen molar-refractivity contribution in [3.63, 3.8) is 0 Å². The Hall–Kier alpha value is -0.560. The molecule has 1 saturated heterocycles. The molecule has 1 aromatic rings. The normalized spacial score (nSPS) is 25.7. The van der Waals surface area contributed by atoms with Crippen molar-refractivity contribution in [3.05, 3.63) is 18.4 Å². The second-order valence-corrected chi connectivity index (χ2v) is 6.29. The Balaban J connectivity index is 0.00000162. The van der Waals surface area contributed by atoms with E-state index in [0.29, 0.717) is 19.0 Å². The molecule has 2 N–H and O–H groups in total. The number of piperidine rings is 1. The predicted molar refractivity (Wildman–Crippen MR) is 71.1 cm³/mol. The van der Waals surface area contributed by atoms with Crippen molar-refractivity contribution < 1.29 is 12.8 Å². The average molecular weight is 295 g/mol. The summed E-state index contributed by atoms with van der Waals surface area (Å²) < 4.78 is 31.2. The fourth-order valence-electron chi connectivity index (χ4n) is 2.39. The lowest BCUT2D eigenvalue weighted by molar-refractivity contribution is 0.189. The lowest BCUT2D eigenvalue weighted by Crippen LogP contribution is -2.51. The van der Waals surface area contributed by atoms with E-state index in [-0.39, 0.29) is 23.5 Å². The van der Waals surface area contributed by atoms with Gasteiger partial charge in [-0.1, -0.05) is 6.92 Å². The van der Waals surface area contributed by atoms with Gasteiger partial charge < -0.3 is 10.2 Å². The van der Waals surface area contributed by atoms with Crippen LogP contribution in [0, 0.1) is 5.92 Å². The molecule has 2 heterocycles. The molecule has 2 atom stereocenters. The Morgan fingerprint density at radius 1 is 1.56 bits per heavy atom. The molecular formula is C11H19ClN2O3S. The Morgan fingerprint density at radius 2 is 2.28 bits per heavy atom. The molecule has 104 valence electrons. The van der Waals surface area contributed by atoms with Gasteiger partial charge in [0.2, 0.25) is 5.09 Å². The van der Waals surface area contributed by atoms with Gasteiger partial charge in [0.15, 0.2) is 0 Å². The number of sulfonamides is 1. The number of halogens is 1. The van der Waals surface area contributed by atoms with Crippen LogP contribution in [0.15, 0.2) is 27.9 Å². The predicted octanol–water partition coefficient (Wildman–Crippen LogP) is 1.45. The van der Waals surface area contributed by atoms with Crippen LogP contribution in [0.4, 0.5) is 0 Å². The van der Waals surface area contributed by atoms with Crippen LogP contribution in [0.3, 0.4) is 0 Å². The number of nitrogens with zero attached hydrogens (tertiary/aromatic N) is 1. The Labute approximate surface area is 114 Å². The van der Waals surface area contributed by atoms with E-state index in [4.69, 9.17) is 10.2 Å². The minimum absolute atomic E-state index is 0. The summed E-state index contributed by atoms with van der Waals surface area (Å²) in [6, 6.07) is 2.93. The summed E-state index contributed by atoms with van der Waals surface area (Å²) in [4.78, 5) is 0. The van der Waals surface area contributed by atoms with Crippen LogP contribution in [0.2, 0.25) is 0 Å². The molecule has 7 heteroatoms. The van der Waals surface area contributed by atoms with Gasteiger partial charge in [-0.05, 0) is 30.9 Å². The summed E-state index contributed by atoms with van der Waals surface area (Å²) in [5.74, 6) is 0.290. The molecule has 0 amide bonds. The van der Waals surface area contributed by atoms with E-state index in [2.05, 4.69) is 0 Å². The molecule has 1 fully saturated rings. The highest BCUT2D eigenvalue weighted by Gasteiger charge is 2.37. The number of hydrogen-bond donors (Lipinski definition) is 1. The van der Waals surface area contributed by atoms with Crippen LogP contribution < -0.4 is 5.73 Å². The van der Waals surface area contributed by atoms with Crippen molar-refractivity contribution in [1.29, 1.82) is 0 Å². The van der Waals surface area contributed by atoms with E-state index >= 15 is 0 Å². The summed E-state index contributed by atoms with van der Waals surface area (Å²) in [6.07, 6.45) is 3.27. The van der Waals surface area contributed by atoms with Gasteiger partial charge in [-0.15, -0.1) is 12.4 Å². The first-order valence-corrected chi connectivity index (χ1v) is 7.27. The molecule has 1 aromatic heterocycles. The van der Waals surface area contributed by atoms with Crippen molar-refractivity contribution in [1.82, 2.24) is 4.31 Å². The summed E-state index contributed by atoms with van der Waals surface area (Å²) in [6.45, 7) is 2.91. The highest BCUT2D eigenvalue weighted by molar-refractivity contribution is 7.89. The van der Waals surface area contributed by atoms with E-state index < -0.39 is 10.0 Å². The van der Waals surface area contributed by atoms with Gasteiger partial charge in [0.1, 0.15) is 0 Å². The highest BCUT2D eigenvalue weighted by atomic mass is 35.5. The molecule has 2 unspecified atom stereocenters. The minimum atomic E-state index is -3.53. The SMILES string of the molecule is CC1CCCN(S(=O)(=O)c2ccco2)C1CN.Cl. The maximum absolute atomic E-state index is 12.3. The molecule has 1 aliphatic rings. The summed E-state index contributed by atoms with van der Waals surface area (Å²) >= 11 is 0. The lowest BCUT2D eigenvalue weighted by atomic mass is 9.93. The molecule has 0 bridgehead atoms. The van der Waals surface area contributed by atoms with Gasteiger partial charge in [-0.3, -0.25) is 0 Å². The molecule has 2 rings (SSSR count). The summed E-state index contributed by atoms with van der Waals surface area (Å²) in [5.41, 5.74) is 5.70. The molecular weight excluding hydrogens is 276 g/mol. The Morgan fingerprint density at radius 3 is 2.83 bits per heavy atom. The number of rotatable bonds is 3. The zero-order valence-electron chi connectivity index (χ0n) is 10.3. The third-order valence-corrected chi connectivity index (χ3v) is 5.18. The average Bonchev–Trinajstić information content (AvgIpc) is 2.82. The van der Waals surface area contributed by atoms with Crippen molar-refractivity contribution in [2.45, 2.75) is 30.9 Å². The minimum Gasteiger partial charge on any atom is -0.452 e. The topological polar surface area (TPSA) is 76.5 Å². The zero-order valence-corrected chi connectivity index (χ0v) is 11.9. The third kappa shape index (κ3) is 2.71. The van der Waals surface area contributed by atoms with Gasteiger partial charge >= 0.3 is 0 Å². The molecule has 0 aromatic carbocycles. The molecule has 0 saturated carbocycles. The first-order valence-electron chi connectivity index (χ1n) is 5.83. The van der Waals surface area contributed by atoms with Crippen LogP contribution in [0.5, 0.6) is 0 Å². The lowest BCUT2D eigenvalue weighted by Gasteiger charge is -2.37. The van der Waals surface area contributed by atoms with Crippen LogP contribution in [-0.4, -0.2) is 31.9 Å². The monoisotopic (exact) mass is 294 g/mol. The second-order valence-electron chi connectivity index (χ2n) is 4.47. The number of nitrogens with two attached hydrogens (primary N) is 1. The van der Waals surface area contributed by atoms with E-state index in [0.717, 1.165) is 12.8 Å². The molecule has 18 heavy (non-hydrogen) atoms. The summed E-state index contributed by atoms with van der Waals surface area (Å²) in [7, 11) is -3.53. The third-order valence-electron chi connectivity index (χ3n) is 3.36. The van der Waals surface area contributed by atoms with Crippen LogP contribution >= 0.6 is 12.4 Å². The molecule has 0 radical (unpaired) electrons. The second kappa shape index (κ2) is 6.06. The quantitative estimate of drug-likeness (QED) is 0.915. The van der Waals surface area contributed by atoms with E-state index in [1.807, 2.05) is 6.92 Å². The van der Waals surface area contributed by atoms with Crippen molar-refractivity contribution in [3.8, 4) is 0 Å². The van der Waals surface area contributed by atoms with Crippen molar-refractivity contribution in [2.24, 2.45) is 11.7 Å². The van der Waals surface area contributed by atoms with Gasteiger partial charge in [-0.2, -0.15) is 4.31 Å². The highest BCUT2D eigenvalue weighted by Crippen LogP contribution is 2.28. The first-order chi connectivity index (χ1) is 8.07. The van der Waals surface area contributed by atoms with Crippen molar-refractivity contribution in [2.75, 3.05) is 13.1 Å². The largest absolute Gasteiger partial charge is 0.452 e. The van der Waals surface area contributed by atoms with Crippen LogP contribution in [0.25, 0.3) is 0 Å². The van der Waals surface area contributed by atoms with E-state index in [1.54, 1.807) is 6.07 Å². The van der Waals surface area contributed by atoms with Gasteiger partial charge in [-0.25, -0.2) is 8.42 Å². The van der Waals surface area contributed by atoms with Gasteiger partial charge in [0.25, 0.3) is 10.0 Å². The van der Waals surface area contributed by atoms with Gasteiger partial charge in [0.05, 0.1) is 6.26 Å². The Kier molecular flexibility index (Phi) is 5.21. The maximum atomic E-state index is 12.3. The molecule has 1 aliphatic heterocycles. The van der Waals surface area contributed by atoms with Crippen molar-refractivity contribution >= 4 is 22.4 Å². The smallest absolute Gasteiger partial charge is 0.276 e. The Bertz CT molecular complexity index is 461. The van der Waals surface area contributed by atoms with Gasteiger partial charge in [0, 0.05) is 19.1 Å². The summed E-state index contributed by atoms with van der Waals surface area (Å²) in [5, 5.41) is 0.00468. The molecule has 0 aliphatic carbocycles. The van der Waals surface area contributed by atoms with E-state index in [9.17, 15) is 8.42 Å². The fourth-order valence-corrected chi connectivity index (χ4v) is 4.06. The zero-order chi connectivity index (χ0) is 12.5. The van der Waals surface area contributed by atoms with Crippen LogP contribution in [0.1, 0.15) is 19.8 Å². The number of hydrogen-bond acceptors (Lipinski definition) is 4. The van der Waals surface area contributed by atoms with E-state index in [1.165, 1.54) is 16.6 Å². The maximum Gasteiger partial charge on any atom is 0.276 e. The number of furan rings is 1.